The second kappa shape index (κ2) is 6.93. The first-order valence-electron chi connectivity index (χ1n) is 6.59. The Kier molecular flexibility index (Phi) is 5.87. The van der Waals surface area contributed by atoms with Crippen LogP contribution in [0.1, 0.15) is 40.0 Å². The maximum atomic E-state index is 5.44. The molecule has 1 N–H and O–H groups in total. The molecule has 0 amide bonds. The summed E-state index contributed by atoms with van der Waals surface area (Å²) in [5, 5.41) is 3.54. The van der Waals surface area contributed by atoms with Crippen molar-refractivity contribution in [3.8, 4) is 12.3 Å². The summed E-state index contributed by atoms with van der Waals surface area (Å²) in [6.07, 6.45) is 9.32. The fourth-order valence-corrected chi connectivity index (χ4v) is 2.42. The van der Waals surface area contributed by atoms with E-state index in [0.717, 1.165) is 31.6 Å². The summed E-state index contributed by atoms with van der Waals surface area (Å²) >= 11 is 0. The van der Waals surface area contributed by atoms with Gasteiger partial charge in [-0.3, -0.25) is 4.90 Å². The molecule has 0 aromatic heterocycles. The van der Waals surface area contributed by atoms with Gasteiger partial charge in [-0.05, 0) is 38.3 Å². The molecule has 0 heterocycles. The van der Waals surface area contributed by atoms with Gasteiger partial charge >= 0.3 is 0 Å². The molecule has 0 bridgehead atoms. The molecular formula is C14H26N2. The first kappa shape index (κ1) is 13.5. The zero-order valence-corrected chi connectivity index (χ0v) is 11.0. The maximum absolute atomic E-state index is 5.44. The van der Waals surface area contributed by atoms with E-state index in [-0.39, 0.29) is 0 Å². The highest BCUT2D eigenvalue weighted by atomic mass is 15.2. The lowest BCUT2D eigenvalue weighted by Crippen LogP contribution is -2.51. The first-order chi connectivity index (χ1) is 7.69. The average Bonchev–Trinajstić information content (AvgIpc) is 2.16. The lowest BCUT2D eigenvalue weighted by molar-refractivity contribution is 0.0719. The molecule has 0 saturated heterocycles. The molecule has 1 saturated carbocycles. The molecule has 0 aromatic carbocycles. The maximum Gasteiger partial charge on any atom is 0.0601 e. The second-order valence-corrected chi connectivity index (χ2v) is 5.14. The van der Waals surface area contributed by atoms with Gasteiger partial charge in [-0.15, -0.1) is 6.42 Å². The van der Waals surface area contributed by atoms with Gasteiger partial charge in [-0.2, -0.15) is 0 Å². The summed E-state index contributed by atoms with van der Waals surface area (Å²) in [5.41, 5.74) is 0. The number of nitrogens with one attached hydrogen (secondary N) is 1. The minimum absolute atomic E-state index is 0.591. The molecule has 1 rings (SSSR count). The van der Waals surface area contributed by atoms with Gasteiger partial charge in [-0.25, -0.2) is 0 Å². The number of rotatable bonds is 7. The van der Waals surface area contributed by atoms with Crippen LogP contribution in [-0.4, -0.2) is 36.6 Å². The molecular weight excluding hydrogens is 196 g/mol. The summed E-state index contributed by atoms with van der Waals surface area (Å²) < 4.78 is 0. The molecule has 0 radical (unpaired) electrons. The van der Waals surface area contributed by atoms with E-state index in [1.165, 1.54) is 19.3 Å². The Morgan fingerprint density at radius 2 is 2.19 bits per heavy atom. The van der Waals surface area contributed by atoms with Crippen LogP contribution in [0.25, 0.3) is 0 Å². The minimum atomic E-state index is 0.591. The van der Waals surface area contributed by atoms with E-state index in [0.29, 0.717) is 6.04 Å². The van der Waals surface area contributed by atoms with Crippen molar-refractivity contribution in [2.75, 3.05) is 19.6 Å². The molecule has 2 heteroatoms. The highest BCUT2D eigenvalue weighted by molar-refractivity contribution is 4.96. The molecule has 2 unspecified atom stereocenters. The third-order valence-corrected chi connectivity index (χ3v) is 3.44. The smallest absolute Gasteiger partial charge is 0.0601 e. The molecule has 2 nitrogen and oxygen atoms in total. The standard InChI is InChI=1S/C14H26N2/c1-5-9-16(10-6-2)14-8-7-13(14)11-15-12(3)4/h1,12-15H,6-11H2,2-4H3. The number of nitrogens with zero attached hydrogens (tertiary/aromatic N) is 1. The van der Waals surface area contributed by atoms with Crippen LogP contribution in [0.4, 0.5) is 0 Å². The van der Waals surface area contributed by atoms with Gasteiger partial charge in [0.2, 0.25) is 0 Å². The predicted octanol–water partition coefficient (Wildman–Crippen LogP) is 2.11. The molecule has 16 heavy (non-hydrogen) atoms. The summed E-state index contributed by atoms with van der Waals surface area (Å²) in [6.45, 7) is 9.75. The SMILES string of the molecule is C#CCN(CCC)C1CCC1CNC(C)C. The Morgan fingerprint density at radius 1 is 1.44 bits per heavy atom. The monoisotopic (exact) mass is 222 g/mol. The second-order valence-electron chi connectivity index (χ2n) is 5.14. The van der Waals surface area contributed by atoms with Gasteiger partial charge in [0.1, 0.15) is 0 Å². The van der Waals surface area contributed by atoms with Crippen LogP contribution >= 0.6 is 0 Å². The molecule has 0 aromatic rings. The zero-order valence-electron chi connectivity index (χ0n) is 11.0. The Bertz CT molecular complexity index is 229. The largest absolute Gasteiger partial charge is 0.314 e. The lowest BCUT2D eigenvalue weighted by Gasteiger charge is -2.44. The fourth-order valence-electron chi connectivity index (χ4n) is 2.42. The third-order valence-electron chi connectivity index (χ3n) is 3.44. The zero-order chi connectivity index (χ0) is 12.0. The van der Waals surface area contributed by atoms with E-state index >= 15 is 0 Å². The Labute approximate surface area is 101 Å². The van der Waals surface area contributed by atoms with Gasteiger partial charge in [0, 0.05) is 12.1 Å². The van der Waals surface area contributed by atoms with Crippen molar-refractivity contribution in [3.63, 3.8) is 0 Å². The van der Waals surface area contributed by atoms with Crippen molar-refractivity contribution in [2.45, 2.75) is 52.1 Å². The summed E-state index contributed by atoms with van der Waals surface area (Å²) in [4.78, 5) is 2.48. The van der Waals surface area contributed by atoms with E-state index in [1.54, 1.807) is 0 Å². The Balaban J connectivity index is 2.36. The lowest BCUT2D eigenvalue weighted by atomic mass is 9.78. The van der Waals surface area contributed by atoms with E-state index in [4.69, 9.17) is 6.42 Å². The quantitative estimate of drug-likeness (QED) is 0.664. The molecule has 1 fully saturated rings. The van der Waals surface area contributed by atoms with Crippen molar-refractivity contribution < 1.29 is 0 Å². The van der Waals surface area contributed by atoms with E-state index in [1.807, 2.05) is 0 Å². The normalized spacial score (nSPS) is 24.5. The van der Waals surface area contributed by atoms with Crippen molar-refractivity contribution in [1.29, 1.82) is 0 Å². The van der Waals surface area contributed by atoms with E-state index < -0.39 is 0 Å². The van der Waals surface area contributed by atoms with Crippen molar-refractivity contribution >= 4 is 0 Å². The number of terminal acetylenes is 1. The van der Waals surface area contributed by atoms with Crippen molar-refractivity contribution in [1.82, 2.24) is 10.2 Å². The highest BCUT2D eigenvalue weighted by Gasteiger charge is 2.34. The van der Waals surface area contributed by atoms with Gasteiger partial charge in [-0.1, -0.05) is 26.7 Å². The summed E-state index contributed by atoms with van der Waals surface area (Å²) in [7, 11) is 0. The van der Waals surface area contributed by atoms with Crippen LogP contribution in [0.3, 0.4) is 0 Å². The van der Waals surface area contributed by atoms with Gasteiger partial charge in [0.25, 0.3) is 0 Å². The molecule has 2 atom stereocenters. The fraction of sp³-hybridized carbons (Fsp3) is 0.857. The van der Waals surface area contributed by atoms with Gasteiger partial charge < -0.3 is 5.32 Å². The molecule has 0 spiro atoms. The van der Waals surface area contributed by atoms with Crippen LogP contribution in [0.2, 0.25) is 0 Å². The van der Waals surface area contributed by atoms with Gasteiger partial charge in [0.05, 0.1) is 6.54 Å². The average molecular weight is 222 g/mol. The molecule has 92 valence electrons. The van der Waals surface area contributed by atoms with Gasteiger partial charge in [0.15, 0.2) is 0 Å². The third kappa shape index (κ3) is 3.81. The van der Waals surface area contributed by atoms with E-state index in [9.17, 15) is 0 Å². The molecule has 1 aliphatic carbocycles. The van der Waals surface area contributed by atoms with Crippen LogP contribution < -0.4 is 5.32 Å². The Hall–Kier alpha value is -0.520. The Morgan fingerprint density at radius 3 is 2.62 bits per heavy atom. The predicted molar refractivity (Wildman–Crippen MR) is 70.3 cm³/mol. The molecule has 0 aliphatic heterocycles. The highest BCUT2D eigenvalue weighted by Crippen LogP contribution is 2.31. The van der Waals surface area contributed by atoms with Crippen LogP contribution in [0.5, 0.6) is 0 Å². The number of hydrogen-bond acceptors (Lipinski definition) is 2. The van der Waals surface area contributed by atoms with Crippen LogP contribution in [0, 0.1) is 18.3 Å². The summed E-state index contributed by atoms with van der Waals surface area (Å²) in [6, 6.07) is 1.32. The summed E-state index contributed by atoms with van der Waals surface area (Å²) in [5.74, 6) is 3.60. The van der Waals surface area contributed by atoms with Crippen molar-refractivity contribution in [3.05, 3.63) is 0 Å². The van der Waals surface area contributed by atoms with Crippen LogP contribution in [-0.2, 0) is 0 Å². The van der Waals surface area contributed by atoms with Crippen LogP contribution in [0.15, 0.2) is 0 Å². The van der Waals surface area contributed by atoms with Crippen molar-refractivity contribution in [2.24, 2.45) is 5.92 Å². The minimum Gasteiger partial charge on any atom is -0.314 e. The first-order valence-corrected chi connectivity index (χ1v) is 6.59. The topological polar surface area (TPSA) is 15.3 Å². The van der Waals surface area contributed by atoms with E-state index in [2.05, 4.69) is 36.9 Å². The molecule has 1 aliphatic rings. The number of hydrogen-bond donors (Lipinski definition) is 1.